The minimum atomic E-state index is -1.65. The van der Waals surface area contributed by atoms with Gasteiger partial charge in [0.05, 0.1) is 18.8 Å². The van der Waals surface area contributed by atoms with Crippen LogP contribution in [0.4, 0.5) is 0 Å². The van der Waals surface area contributed by atoms with Gasteiger partial charge in [0.25, 0.3) is 5.25 Å². The average Bonchev–Trinajstić information content (AvgIpc) is 2.76. The van der Waals surface area contributed by atoms with Crippen LogP contribution in [0.3, 0.4) is 0 Å². The number of alkyl halides is 1. The predicted molar refractivity (Wildman–Crippen MR) is 57.6 cm³/mol. The molecule has 1 aromatic heterocycles. The highest BCUT2D eigenvalue weighted by Gasteiger charge is 2.39. The Balaban J connectivity index is 2.49. The normalized spacial score (nSPS) is 17.6. The molecule has 0 spiro atoms. The number of hydrogen-bond donors (Lipinski definition) is 2. The molecule has 7 nitrogen and oxygen atoms in total. The molecule has 18 heavy (non-hydrogen) atoms. The van der Waals surface area contributed by atoms with Crippen molar-refractivity contribution < 1.29 is 29.3 Å². The molecule has 0 amide bonds. The summed E-state index contributed by atoms with van der Waals surface area (Å²) >= 11 is 5.96. The summed E-state index contributed by atoms with van der Waals surface area (Å²) in [4.78, 5) is 25.5. The van der Waals surface area contributed by atoms with Crippen LogP contribution in [0, 0.1) is 0 Å². The molecule has 96 valence electrons. The average molecular weight is 274 g/mol. The molecule has 0 aromatic carbocycles. The highest BCUT2D eigenvalue weighted by molar-refractivity contribution is 6.22. The van der Waals surface area contributed by atoms with Crippen LogP contribution < -0.4 is 0 Å². The first kappa shape index (κ1) is 12.7. The molecule has 0 atom stereocenters. The van der Waals surface area contributed by atoms with Gasteiger partial charge >= 0.3 is 11.9 Å². The second-order valence-corrected chi connectivity index (χ2v) is 3.93. The van der Waals surface area contributed by atoms with Gasteiger partial charge in [-0.25, -0.2) is 14.6 Å². The third kappa shape index (κ3) is 2.15. The number of hydrogen-bond acceptors (Lipinski definition) is 5. The summed E-state index contributed by atoms with van der Waals surface area (Å²) in [6, 6.07) is 2.36. The van der Waals surface area contributed by atoms with E-state index in [1.807, 2.05) is 0 Å². The van der Waals surface area contributed by atoms with Gasteiger partial charge in [0.2, 0.25) is 0 Å². The van der Waals surface area contributed by atoms with E-state index in [9.17, 15) is 9.59 Å². The summed E-state index contributed by atoms with van der Waals surface area (Å²) in [5, 5.41) is 16.1. The minimum absolute atomic E-state index is 0.00377. The number of pyridine rings is 1. The molecule has 0 saturated carbocycles. The van der Waals surface area contributed by atoms with Gasteiger partial charge < -0.3 is 19.7 Å². The van der Waals surface area contributed by atoms with Crippen molar-refractivity contribution in [3.05, 3.63) is 29.1 Å². The highest BCUT2D eigenvalue weighted by atomic mass is 35.5. The summed E-state index contributed by atoms with van der Waals surface area (Å²) in [7, 11) is 0. The molecule has 1 fully saturated rings. The molecule has 1 aliphatic heterocycles. The fourth-order valence-electron chi connectivity index (χ4n) is 1.50. The number of aromatic nitrogens is 1. The van der Waals surface area contributed by atoms with Crippen molar-refractivity contribution in [2.75, 3.05) is 13.2 Å². The van der Waals surface area contributed by atoms with Crippen molar-refractivity contribution >= 4 is 23.5 Å². The maximum atomic E-state index is 10.9. The van der Waals surface area contributed by atoms with Gasteiger partial charge in [-0.15, -0.1) is 0 Å². The fourth-order valence-corrected chi connectivity index (χ4v) is 1.76. The molecule has 1 saturated heterocycles. The Morgan fingerprint density at radius 1 is 1.22 bits per heavy atom. The number of nitrogens with zero attached hydrogens (tertiary/aromatic N) is 1. The monoisotopic (exact) mass is 273 g/mol. The number of carboxylic acid groups (broad SMARTS) is 2. The van der Waals surface area contributed by atoms with Gasteiger partial charge in [-0.2, -0.15) is 0 Å². The predicted octanol–water partition coefficient (Wildman–Crippen LogP) is 0.874. The Hall–Kier alpha value is -1.70. The van der Waals surface area contributed by atoms with Crippen molar-refractivity contribution in [2.45, 2.75) is 5.25 Å². The number of rotatable bonds is 3. The van der Waals surface area contributed by atoms with Gasteiger partial charge in [0.15, 0.2) is 5.69 Å². The molecular formula is C10H8ClNO6. The maximum Gasteiger partial charge on any atom is 0.355 e. The van der Waals surface area contributed by atoms with Crippen LogP contribution >= 0.6 is 11.6 Å². The molecule has 0 bridgehead atoms. The number of carboxylic acids is 2. The molecule has 1 aromatic rings. The minimum Gasteiger partial charge on any atom is -0.478 e. The van der Waals surface area contributed by atoms with E-state index in [0.29, 0.717) is 0 Å². The molecule has 0 unspecified atom stereocenters. The van der Waals surface area contributed by atoms with Crippen LogP contribution in [0.1, 0.15) is 26.5 Å². The van der Waals surface area contributed by atoms with E-state index in [-0.39, 0.29) is 18.9 Å². The number of halogens is 1. The van der Waals surface area contributed by atoms with E-state index in [1.54, 1.807) is 0 Å². The molecule has 1 aliphatic rings. The van der Waals surface area contributed by atoms with E-state index in [0.717, 1.165) is 6.07 Å². The van der Waals surface area contributed by atoms with E-state index < -0.39 is 28.4 Å². The lowest BCUT2D eigenvalue weighted by Crippen LogP contribution is -2.23. The third-order valence-corrected chi connectivity index (χ3v) is 2.70. The van der Waals surface area contributed by atoms with Gasteiger partial charge in [-0.3, -0.25) is 0 Å². The molecular weight excluding hydrogens is 266 g/mol. The molecule has 2 heterocycles. The molecule has 8 heteroatoms. The number of aromatic carboxylic acids is 2. The van der Waals surface area contributed by atoms with E-state index in [1.165, 1.54) is 6.07 Å². The summed E-state index contributed by atoms with van der Waals surface area (Å²) in [6.07, 6.45) is 0. The smallest absolute Gasteiger partial charge is 0.355 e. The van der Waals surface area contributed by atoms with Gasteiger partial charge in [-0.1, -0.05) is 0 Å². The van der Waals surface area contributed by atoms with Gasteiger partial charge in [0, 0.05) is 0 Å². The first-order chi connectivity index (χ1) is 8.44. The van der Waals surface area contributed by atoms with Crippen molar-refractivity contribution in [3.8, 4) is 0 Å². The summed E-state index contributed by atoms with van der Waals surface area (Å²) in [5.74, 6) is -2.85. The van der Waals surface area contributed by atoms with E-state index in [2.05, 4.69) is 4.98 Å². The van der Waals surface area contributed by atoms with E-state index in [4.69, 9.17) is 31.3 Å². The van der Waals surface area contributed by atoms with Gasteiger partial charge in [-0.05, 0) is 23.7 Å². The second-order valence-electron chi connectivity index (χ2n) is 3.44. The zero-order valence-electron chi connectivity index (χ0n) is 8.92. The van der Waals surface area contributed by atoms with Crippen LogP contribution in [0.2, 0.25) is 0 Å². The lowest BCUT2D eigenvalue weighted by molar-refractivity contribution is -0.0929. The van der Waals surface area contributed by atoms with Crippen LogP contribution in [0.25, 0.3) is 0 Å². The zero-order valence-corrected chi connectivity index (χ0v) is 9.68. The molecule has 2 N–H and O–H groups in total. The van der Waals surface area contributed by atoms with Crippen molar-refractivity contribution in [2.24, 2.45) is 0 Å². The van der Waals surface area contributed by atoms with E-state index >= 15 is 0 Å². The Labute approximate surface area is 106 Å². The largest absolute Gasteiger partial charge is 0.478 e. The Kier molecular flexibility index (Phi) is 3.20. The SMILES string of the molecule is O=C(O)c1ccc(C2(Cl)OCCO2)nc1C(=O)O. The van der Waals surface area contributed by atoms with Gasteiger partial charge in [0.1, 0.15) is 5.69 Å². The first-order valence-corrected chi connectivity index (χ1v) is 5.27. The topological polar surface area (TPSA) is 106 Å². The van der Waals surface area contributed by atoms with Crippen LogP contribution in [-0.4, -0.2) is 40.3 Å². The Morgan fingerprint density at radius 2 is 1.83 bits per heavy atom. The standard InChI is InChI=1S/C10H8ClNO6/c11-10(17-3-4-18-10)6-2-1-5(8(13)14)7(12-6)9(15)16/h1-2H,3-4H2,(H,13,14)(H,15,16). The zero-order chi connectivity index (χ0) is 13.3. The van der Waals surface area contributed by atoms with Crippen LogP contribution in [-0.2, 0) is 14.7 Å². The summed E-state index contributed by atoms with van der Waals surface area (Å²) in [6.45, 7) is 0.489. The third-order valence-electron chi connectivity index (χ3n) is 2.29. The maximum absolute atomic E-state index is 10.9. The lowest BCUT2D eigenvalue weighted by atomic mass is 10.1. The summed E-state index contributed by atoms with van der Waals surface area (Å²) in [5.41, 5.74) is -1.03. The summed E-state index contributed by atoms with van der Waals surface area (Å²) < 4.78 is 10.2. The fraction of sp³-hybridized carbons (Fsp3) is 0.300. The highest BCUT2D eigenvalue weighted by Crippen LogP contribution is 2.34. The first-order valence-electron chi connectivity index (χ1n) is 4.89. The van der Waals surface area contributed by atoms with Crippen molar-refractivity contribution in [3.63, 3.8) is 0 Å². The molecule has 0 radical (unpaired) electrons. The molecule has 0 aliphatic carbocycles. The van der Waals surface area contributed by atoms with Crippen LogP contribution in [0.5, 0.6) is 0 Å². The quantitative estimate of drug-likeness (QED) is 0.787. The van der Waals surface area contributed by atoms with Crippen molar-refractivity contribution in [1.29, 1.82) is 0 Å². The molecule has 2 rings (SSSR count). The van der Waals surface area contributed by atoms with Crippen LogP contribution in [0.15, 0.2) is 12.1 Å². The van der Waals surface area contributed by atoms with Crippen molar-refractivity contribution in [1.82, 2.24) is 4.98 Å². The number of carbonyl (C=O) groups is 2. The Bertz CT molecular complexity index is 511. The lowest BCUT2D eigenvalue weighted by Gasteiger charge is -2.19. The second kappa shape index (κ2) is 4.52. The Morgan fingerprint density at radius 3 is 2.33 bits per heavy atom. The number of ether oxygens (including phenoxy) is 2.